The summed E-state index contributed by atoms with van der Waals surface area (Å²) in [4.78, 5) is 12.8. The van der Waals surface area contributed by atoms with Crippen LogP contribution in [0.4, 0.5) is 0 Å². The fourth-order valence-electron chi connectivity index (χ4n) is 2.84. The molecule has 0 amide bonds. The van der Waals surface area contributed by atoms with Crippen LogP contribution in [-0.4, -0.2) is 15.6 Å². The summed E-state index contributed by atoms with van der Waals surface area (Å²) < 4.78 is 2.57. The fraction of sp³-hybridized carbons (Fsp3) is 0.333. The van der Waals surface area contributed by atoms with Crippen LogP contribution in [0.2, 0.25) is 0 Å². The summed E-state index contributed by atoms with van der Waals surface area (Å²) in [5.41, 5.74) is 3.19. The van der Waals surface area contributed by atoms with Crippen molar-refractivity contribution in [2.75, 3.05) is 0 Å². The molecular weight excluding hydrogens is 304 g/mol. The van der Waals surface area contributed by atoms with Crippen LogP contribution in [0, 0.1) is 0 Å². The number of aryl methyl sites for hydroxylation is 2. The monoisotopic (exact) mass is 318 g/mol. The van der Waals surface area contributed by atoms with Gasteiger partial charge in [-0.2, -0.15) is 5.10 Å². The predicted octanol–water partition coefficient (Wildman–Crippen LogP) is 3.58. The Bertz CT molecular complexity index is 633. The van der Waals surface area contributed by atoms with Crippen LogP contribution in [-0.2, 0) is 13.0 Å². The van der Waals surface area contributed by atoms with Gasteiger partial charge in [0.15, 0.2) is 5.78 Å². The molecule has 3 rings (SSSR count). The van der Waals surface area contributed by atoms with E-state index in [9.17, 15) is 4.79 Å². The van der Waals surface area contributed by atoms with Gasteiger partial charge in [0.2, 0.25) is 0 Å². The van der Waals surface area contributed by atoms with Crippen LogP contribution < -0.4 is 0 Å². The highest BCUT2D eigenvalue weighted by molar-refractivity contribution is 9.10. The van der Waals surface area contributed by atoms with Crippen LogP contribution in [0.5, 0.6) is 0 Å². The summed E-state index contributed by atoms with van der Waals surface area (Å²) in [7, 11) is 0. The van der Waals surface area contributed by atoms with Crippen molar-refractivity contribution in [3.8, 4) is 0 Å². The summed E-state index contributed by atoms with van der Waals surface area (Å²) in [6, 6.07) is 8.24. The van der Waals surface area contributed by atoms with Gasteiger partial charge in [0.25, 0.3) is 0 Å². The SMILES string of the molecule is CCn1ncc(Br)c1C(=O)C1CCc2ccccc21. The first-order valence-corrected chi connectivity index (χ1v) is 7.35. The Morgan fingerprint density at radius 3 is 3.05 bits per heavy atom. The molecule has 0 aliphatic heterocycles. The molecule has 1 unspecified atom stereocenters. The summed E-state index contributed by atoms with van der Waals surface area (Å²) in [5.74, 6) is 0.158. The zero-order valence-electron chi connectivity index (χ0n) is 10.8. The number of hydrogen-bond acceptors (Lipinski definition) is 2. The molecule has 1 atom stereocenters. The Labute approximate surface area is 120 Å². The molecular formula is C15H15BrN2O. The average molecular weight is 319 g/mol. The number of halogens is 1. The summed E-state index contributed by atoms with van der Waals surface area (Å²) in [6.07, 6.45) is 3.60. The van der Waals surface area contributed by atoms with Gasteiger partial charge in [0, 0.05) is 12.5 Å². The second-order valence-corrected chi connectivity index (χ2v) is 5.67. The minimum Gasteiger partial charge on any atom is -0.292 e. The fourth-order valence-corrected chi connectivity index (χ4v) is 3.33. The Hall–Kier alpha value is -1.42. The minimum atomic E-state index is -0.0190. The van der Waals surface area contributed by atoms with Crippen LogP contribution in [0.3, 0.4) is 0 Å². The smallest absolute Gasteiger partial charge is 0.189 e. The first-order valence-electron chi connectivity index (χ1n) is 6.55. The molecule has 4 heteroatoms. The molecule has 0 bridgehead atoms. The Balaban J connectivity index is 2.00. The van der Waals surface area contributed by atoms with Crippen LogP contribution in [0.25, 0.3) is 0 Å². The second-order valence-electron chi connectivity index (χ2n) is 4.81. The maximum Gasteiger partial charge on any atom is 0.189 e. The van der Waals surface area contributed by atoms with E-state index in [4.69, 9.17) is 0 Å². The Morgan fingerprint density at radius 1 is 1.47 bits per heavy atom. The molecule has 1 aliphatic carbocycles. The van der Waals surface area contributed by atoms with E-state index in [1.807, 2.05) is 19.1 Å². The number of rotatable bonds is 3. The van der Waals surface area contributed by atoms with Crippen molar-refractivity contribution in [2.24, 2.45) is 0 Å². The molecule has 1 aromatic carbocycles. The zero-order valence-corrected chi connectivity index (χ0v) is 12.4. The van der Waals surface area contributed by atoms with Crippen LogP contribution >= 0.6 is 15.9 Å². The average Bonchev–Trinajstić information content (AvgIpc) is 3.01. The largest absolute Gasteiger partial charge is 0.292 e. The highest BCUT2D eigenvalue weighted by Gasteiger charge is 2.31. The van der Waals surface area contributed by atoms with E-state index in [0.717, 1.165) is 17.3 Å². The van der Waals surface area contributed by atoms with Crippen molar-refractivity contribution in [1.29, 1.82) is 0 Å². The lowest BCUT2D eigenvalue weighted by Gasteiger charge is -2.12. The maximum atomic E-state index is 12.8. The van der Waals surface area contributed by atoms with E-state index >= 15 is 0 Å². The van der Waals surface area contributed by atoms with E-state index in [0.29, 0.717) is 12.2 Å². The molecule has 0 fully saturated rings. The molecule has 2 aromatic rings. The lowest BCUT2D eigenvalue weighted by Crippen LogP contribution is -2.16. The minimum absolute atomic E-state index is 0.0190. The summed E-state index contributed by atoms with van der Waals surface area (Å²) in [5, 5.41) is 4.23. The van der Waals surface area contributed by atoms with Crippen molar-refractivity contribution >= 4 is 21.7 Å². The van der Waals surface area contributed by atoms with E-state index in [1.165, 1.54) is 11.1 Å². The van der Waals surface area contributed by atoms with Crippen LogP contribution in [0.1, 0.15) is 40.9 Å². The Morgan fingerprint density at radius 2 is 2.26 bits per heavy atom. The molecule has 98 valence electrons. The van der Waals surface area contributed by atoms with Crippen LogP contribution in [0.15, 0.2) is 34.9 Å². The standard InChI is InChI=1S/C15H15BrN2O/c1-2-18-14(13(16)9-17-18)15(19)12-8-7-10-5-3-4-6-11(10)12/h3-6,9,12H,2,7-8H2,1H3. The number of carbonyl (C=O) groups is 1. The summed E-state index contributed by atoms with van der Waals surface area (Å²) >= 11 is 3.44. The highest BCUT2D eigenvalue weighted by Crippen LogP contribution is 2.36. The number of carbonyl (C=O) groups excluding carboxylic acids is 1. The van der Waals surface area contributed by atoms with Gasteiger partial charge in [-0.3, -0.25) is 9.48 Å². The van der Waals surface area contributed by atoms with Gasteiger partial charge in [-0.15, -0.1) is 0 Å². The first kappa shape index (κ1) is 12.6. The normalized spacial score (nSPS) is 17.5. The summed E-state index contributed by atoms with van der Waals surface area (Å²) in [6.45, 7) is 2.71. The molecule has 0 saturated carbocycles. The topological polar surface area (TPSA) is 34.9 Å². The number of benzene rings is 1. The number of aromatic nitrogens is 2. The van der Waals surface area contributed by atoms with Gasteiger partial charge in [0.05, 0.1) is 10.7 Å². The van der Waals surface area contributed by atoms with Gasteiger partial charge < -0.3 is 0 Å². The zero-order chi connectivity index (χ0) is 13.4. The van der Waals surface area contributed by atoms with E-state index in [-0.39, 0.29) is 11.7 Å². The number of ketones is 1. The van der Waals surface area contributed by atoms with Gasteiger partial charge in [0.1, 0.15) is 5.69 Å². The van der Waals surface area contributed by atoms with Crippen molar-refractivity contribution in [2.45, 2.75) is 32.2 Å². The Kier molecular flexibility index (Phi) is 3.27. The van der Waals surface area contributed by atoms with Gasteiger partial charge in [-0.25, -0.2) is 0 Å². The molecule has 1 heterocycles. The number of hydrogen-bond donors (Lipinski definition) is 0. The molecule has 0 N–H and O–H groups in total. The lowest BCUT2D eigenvalue weighted by molar-refractivity contribution is 0.0948. The van der Waals surface area contributed by atoms with E-state index in [2.05, 4.69) is 33.2 Å². The molecule has 19 heavy (non-hydrogen) atoms. The number of nitrogens with zero attached hydrogens (tertiary/aromatic N) is 2. The molecule has 0 saturated heterocycles. The van der Waals surface area contributed by atoms with Crippen molar-refractivity contribution < 1.29 is 4.79 Å². The highest BCUT2D eigenvalue weighted by atomic mass is 79.9. The lowest BCUT2D eigenvalue weighted by atomic mass is 9.95. The van der Waals surface area contributed by atoms with Gasteiger partial charge >= 0.3 is 0 Å². The van der Waals surface area contributed by atoms with Crippen molar-refractivity contribution in [1.82, 2.24) is 9.78 Å². The molecule has 1 aromatic heterocycles. The molecule has 0 radical (unpaired) electrons. The third-order valence-corrected chi connectivity index (χ3v) is 4.36. The molecule has 1 aliphatic rings. The third kappa shape index (κ3) is 2.04. The van der Waals surface area contributed by atoms with Gasteiger partial charge in [-0.05, 0) is 46.8 Å². The van der Waals surface area contributed by atoms with Crippen molar-refractivity contribution in [3.63, 3.8) is 0 Å². The third-order valence-electron chi connectivity index (χ3n) is 3.78. The molecule has 0 spiro atoms. The first-order chi connectivity index (χ1) is 9.22. The predicted molar refractivity (Wildman–Crippen MR) is 77.4 cm³/mol. The molecule has 3 nitrogen and oxygen atoms in total. The van der Waals surface area contributed by atoms with Gasteiger partial charge in [-0.1, -0.05) is 24.3 Å². The second kappa shape index (κ2) is 4.93. The van der Waals surface area contributed by atoms with Crippen molar-refractivity contribution in [3.05, 3.63) is 51.8 Å². The van der Waals surface area contributed by atoms with E-state index < -0.39 is 0 Å². The number of Topliss-reactive ketones (excluding diaryl/α,β-unsaturated/α-hetero) is 1. The number of fused-ring (bicyclic) bond motifs is 1. The maximum absolute atomic E-state index is 12.8. The quantitative estimate of drug-likeness (QED) is 0.811. The van der Waals surface area contributed by atoms with E-state index in [1.54, 1.807) is 10.9 Å².